The highest BCUT2D eigenvalue weighted by molar-refractivity contribution is 4.95. The molecular formula is C11H19N3O2. The van der Waals surface area contributed by atoms with E-state index in [1.807, 2.05) is 6.07 Å². The van der Waals surface area contributed by atoms with Crippen LogP contribution in [0.3, 0.4) is 0 Å². The van der Waals surface area contributed by atoms with Crippen molar-refractivity contribution in [2.45, 2.75) is 13.0 Å². The van der Waals surface area contributed by atoms with Gasteiger partial charge in [-0.3, -0.25) is 4.90 Å². The predicted molar refractivity (Wildman–Crippen MR) is 59.9 cm³/mol. The smallest absolute Gasteiger partial charge is 0.124 e. The van der Waals surface area contributed by atoms with Gasteiger partial charge in [0, 0.05) is 51.9 Å². The molecule has 0 spiro atoms. The Morgan fingerprint density at radius 2 is 2.00 bits per heavy atom. The molecule has 0 aromatic carbocycles. The lowest BCUT2D eigenvalue weighted by Crippen LogP contribution is -2.46. The van der Waals surface area contributed by atoms with E-state index in [0.717, 1.165) is 51.4 Å². The first-order chi connectivity index (χ1) is 7.88. The zero-order chi connectivity index (χ0) is 11.2. The monoisotopic (exact) mass is 225 g/mol. The maximum Gasteiger partial charge on any atom is 0.124 e. The maximum absolute atomic E-state index is 8.76. The van der Waals surface area contributed by atoms with Crippen molar-refractivity contribution in [1.29, 1.82) is 0 Å². The van der Waals surface area contributed by atoms with Crippen molar-refractivity contribution in [3.8, 4) is 0 Å². The molecule has 90 valence electrons. The number of hydrogen-bond acceptors (Lipinski definition) is 5. The normalized spacial score (nSPS) is 19.1. The molecule has 16 heavy (non-hydrogen) atoms. The van der Waals surface area contributed by atoms with Gasteiger partial charge < -0.3 is 14.5 Å². The summed E-state index contributed by atoms with van der Waals surface area (Å²) in [5.74, 6) is 0. The van der Waals surface area contributed by atoms with Crippen LogP contribution in [0.5, 0.6) is 0 Å². The molecule has 5 nitrogen and oxygen atoms in total. The molecule has 1 N–H and O–H groups in total. The largest absolute Gasteiger partial charge is 0.396 e. The fraction of sp³-hybridized carbons (Fsp3) is 0.727. The molecular weight excluding hydrogens is 206 g/mol. The van der Waals surface area contributed by atoms with Crippen molar-refractivity contribution < 1.29 is 9.63 Å². The molecule has 2 heterocycles. The van der Waals surface area contributed by atoms with Crippen LogP contribution in [0.4, 0.5) is 0 Å². The number of aliphatic hydroxyl groups is 1. The molecule has 0 bridgehead atoms. The summed E-state index contributed by atoms with van der Waals surface area (Å²) in [6, 6.07) is 1.91. The molecule has 0 radical (unpaired) electrons. The lowest BCUT2D eigenvalue weighted by molar-refractivity contribution is 0.118. The summed E-state index contributed by atoms with van der Waals surface area (Å²) in [5.41, 5.74) is 1.00. The van der Waals surface area contributed by atoms with E-state index in [1.165, 1.54) is 0 Å². The molecule has 2 rings (SSSR count). The molecule has 0 unspecified atom stereocenters. The molecule has 5 heteroatoms. The van der Waals surface area contributed by atoms with Gasteiger partial charge in [0.05, 0.1) is 5.69 Å². The number of piperazine rings is 1. The third-order valence-corrected chi connectivity index (χ3v) is 2.97. The van der Waals surface area contributed by atoms with Gasteiger partial charge in [-0.05, 0) is 6.42 Å². The van der Waals surface area contributed by atoms with E-state index in [1.54, 1.807) is 6.26 Å². The van der Waals surface area contributed by atoms with E-state index >= 15 is 0 Å². The summed E-state index contributed by atoms with van der Waals surface area (Å²) in [4.78, 5) is 4.78. The summed E-state index contributed by atoms with van der Waals surface area (Å²) in [5, 5.41) is 12.7. The van der Waals surface area contributed by atoms with Crippen molar-refractivity contribution in [2.75, 3.05) is 39.3 Å². The summed E-state index contributed by atoms with van der Waals surface area (Å²) >= 11 is 0. The highest BCUT2D eigenvalue weighted by Crippen LogP contribution is 2.06. The number of hydrogen-bond donors (Lipinski definition) is 1. The lowest BCUT2D eigenvalue weighted by atomic mass is 10.2. The van der Waals surface area contributed by atoms with E-state index in [0.29, 0.717) is 6.61 Å². The van der Waals surface area contributed by atoms with Crippen LogP contribution in [-0.4, -0.2) is 59.4 Å². The molecule has 0 saturated carbocycles. The van der Waals surface area contributed by atoms with E-state index in [2.05, 4.69) is 15.0 Å². The Labute approximate surface area is 95.6 Å². The van der Waals surface area contributed by atoms with Gasteiger partial charge in [0.25, 0.3) is 0 Å². The van der Waals surface area contributed by atoms with Crippen LogP contribution in [0, 0.1) is 0 Å². The minimum atomic E-state index is 0.291. The zero-order valence-corrected chi connectivity index (χ0v) is 9.51. The van der Waals surface area contributed by atoms with Gasteiger partial charge in [0.15, 0.2) is 0 Å². The van der Waals surface area contributed by atoms with E-state index in [9.17, 15) is 0 Å². The lowest BCUT2D eigenvalue weighted by Gasteiger charge is -2.34. The fourth-order valence-corrected chi connectivity index (χ4v) is 2.01. The summed E-state index contributed by atoms with van der Waals surface area (Å²) in [7, 11) is 0. The van der Waals surface area contributed by atoms with Crippen molar-refractivity contribution >= 4 is 0 Å². The van der Waals surface area contributed by atoms with Crippen molar-refractivity contribution in [1.82, 2.24) is 15.0 Å². The minimum absolute atomic E-state index is 0.291. The summed E-state index contributed by atoms with van der Waals surface area (Å²) < 4.78 is 4.82. The first-order valence-corrected chi connectivity index (χ1v) is 5.83. The third kappa shape index (κ3) is 3.30. The van der Waals surface area contributed by atoms with Crippen molar-refractivity contribution in [3.63, 3.8) is 0 Å². The van der Waals surface area contributed by atoms with E-state index < -0.39 is 0 Å². The molecule has 1 aliphatic rings. The topological polar surface area (TPSA) is 52.7 Å². The standard InChI is InChI=1S/C11H19N3O2/c15-8-1-3-13-4-6-14(7-5-13)10-11-2-9-16-12-11/h2,9,15H,1,3-8,10H2. The number of rotatable bonds is 5. The predicted octanol–water partition coefficient (Wildman–Crippen LogP) is 0.175. The van der Waals surface area contributed by atoms with Crippen LogP contribution in [-0.2, 0) is 6.54 Å². The van der Waals surface area contributed by atoms with Crippen LogP contribution in [0.25, 0.3) is 0 Å². The fourth-order valence-electron chi connectivity index (χ4n) is 2.01. The van der Waals surface area contributed by atoms with Gasteiger partial charge in [-0.2, -0.15) is 0 Å². The number of nitrogens with zero attached hydrogens (tertiary/aromatic N) is 3. The van der Waals surface area contributed by atoms with Crippen molar-refractivity contribution in [2.24, 2.45) is 0 Å². The third-order valence-electron chi connectivity index (χ3n) is 2.97. The highest BCUT2D eigenvalue weighted by Gasteiger charge is 2.16. The first-order valence-electron chi connectivity index (χ1n) is 5.83. The molecule has 0 aliphatic carbocycles. The number of aliphatic hydroxyl groups excluding tert-OH is 1. The Hall–Kier alpha value is -0.910. The van der Waals surface area contributed by atoms with Gasteiger partial charge in [-0.25, -0.2) is 0 Å². The average molecular weight is 225 g/mol. The van der Waals surface area contributed by atoms with Gasteiger partial charge in [-0.15, -0.1) is 0 Å². The van der Waals surface area contributed by atoms with Gasteiger partial charge in [-0.1, -0.05) is 5.16 Å². The van der Waals surface area contributed by atoms with Gasteiger partial charge >= 0.3 is 0 Å². The molecule has 0 amide bonds. The Balaban J connectivity index is 1.69. The Morgan fingerprint density at radius 1 is 1.25 bits per heavy atom. The number of aromatic nitrogens is 1. The molecule has 0 atom stereocenters. The van der Waals surface area contributed by atoms with Crippen LogP contribution < -0.4 is 0 Å². The summed E-state index contributed by atoms with van der Waals surface area (Å²) in [6.45, 7) is 6.48. The Bertz CT molecular complexity index is 281. The first kappa shape index (κ1) is 11.6. The maximum atomic E-state index is 8.76. The van der Waals surface area contributed by atoms with Crippen LogP contribution >= 0.6 is 0 Å². The molecule has 1 aromatic heterocycles. The molecule has 1 saturated heterocycles. The van der Waals surface area contributed by atoms with Crippen molar-refractivity contribution in [3.05, 3.63) is 18.0 Å². The van der Waals surface area contributed by atoms with Gasteiger partial charge in [0.1, 0.15) is 6.26 Å². The van der Waals surface area contributed by atoms with Gasteiger partial charge in [0.2, 0.25) is 0 Å². The average Bonchev–Trinajstić information content (AvgIpc) is 2.81. The van der Waals surface area contributed by atoms with E-state index in [-0.39, 0.29) is 0 Å². The zero-order valence-electron chi connectivity index (χ0n) is 9.51. The minimum Gasteiger partial charge on any atom is -0.396 e. The second-order valence-corrected chi connectivity index (χ2v) is 4.19. The Morgan fingerprint density at radius 3 is 2.62 bits per heavy atom. The quantitative estimate of drug-likeness (QED) is 0.774. The highest BCUT2D eigenvalue weighted by atomic mass is 16.5. The second kappa shape index (κ2) is 5.98. The van der Waals surface area contributed by atoms with Crippen LogP contribution in [0.15, 0.2) is 16.9 Å². The summed E-state index contributed by atoms with van der Waals surface area (Å²) in [6.07, 6.45) is 2.50. The van der Waals surface area contributed by atoms with E-state index in [4.69, 9.17) is 9.63 Å². The Kier molecular flexibility index (Phi) is 4.33. The van der Waals surface area contributed by atoms with Crippen LogP contribution in [0.1, 0.15) is 12.1 Å². The van der Waals surface area contributed by atoms with Crippen LogP contribution in [0.2, 0.25) is 0 Å². The second-order valence-electron chi connectivity index (χ2n) is 4.19. The molecule has 1 aliphatic heterocycles. The molecule has 1 fully saturated rings. The SMILES string of the molecule is OCCCN1CCN(Cc2ccon2)CC1. The molecule has 1 aromatic rings.